The lowest BCUT2D eigenvalue weighted by Crippen LogP contribution is -2.25. The zero-order valence-corrected chi connectivity index (χ0v) is 28.5. The standard InChI is InChI=1S/C17H15BrN2OS.C17H12BrNO3S/c18-14-6-2-5-13(9-14)16(21)12-4-1-3-11(7-12)8-15-10-20-17(19)22-15;18-13-6-2-5-12(9-13)15(20)11-4-1-3-10(7-11)8-14-16(21)19-17(22)23-14/h1-7,9,15H,8,10H2,(H2,19,20);1-7,9,14H,8H2,(H,19,21,22). The third-order valence-corrected chi connectivity index (χ3v) is 9.93. The highest BCUT2D eigenvalue weighted by molar-refractivity contribution is 9.10. The number of ketones is 2. The van der Waals surface area contributed by atoms with E-state index in [1.165, 1.54) is 0 Å². The normalized spacial score (nSPS) is 17.2. The third-order valence-electron chi connectivity index (χ3n) is 6.94. The van der Waals surface area contributed by atoms with Crippen molar-refractivity contribution < 1.29 is 19.2 Å². The second-order valence-corrected chi connectivity index (χ2v) is 14.6. The second-order valence-electron chi connectivity index (χ2n) is 10.3. The van der Waals surface area contributed by atoms with E-state index < -0.39 is 5.25 Å². The average Bonchev–Trinajstić information content (AvgIpc) is 3.59. The topological polar surface area (TPSA) is 119 Å². The maximum absolute atomic E-state index is 12.6. The van der Waals surface area contributed by atoms with Crippen molar-refractivity contribution in [3.63, 3.8) is 0 Å². The number of imide groups is 1. The van der Waals surface area contributed by atoms with Crippen molar-refractivity contribution in [1.82, 2.24) is 5.32 Å². The Hall–Kier alpha value is -3.51. The molecule has 1 fully saturated rings. The highest BCUT2D eigenvalue weighted by Gasteiger charge is 2.31. The average molecular weight is 766 g/mol. The first-order chi connectivity index (χ1) is 21.6. The zero-order valence-electron chi connectivity index (χ0n) is 23.7. The quantitative estimate of drug-likeness (QED) is 0.182. The van der Waals surface area contributed by atoms with E-state index in [4.69, 9.17) is 5.73 Å². The molecule has 2 unspecified atom stereocenters. The first kappa shape index (κ1) is 32.9. The van der Waals surface area contributed by atoms with Gasteiger partial charge in [0.15, 0.2) is 16.7 Å². The molecule has 0 aliphatic carbocycles. The van der Waals surface area contributed by atoms with Crippen LogP contribution in [0.2, 0.25) is 0 Å². The predicted molar refractivity (Wildman–Crippen MR) is 188 cm³/mol. The Bertz CT molecular complexity index is 1810. The number of nitrogens with zero attached hydrogens (tertiary/aromatic N) is 1. The molecule has 2 heterocycles. The predicted octanol–water partition coefficient (Wildman–Crippen LogP) is 7.23. The molecule has 11 heteroatoms. The van der Waals surface area contributed by atoms with Gasteiger partial charge in [-0.15, -0.1) is 0 Å². The van der Waals surface area contributed by atoms with Crippen LogP contribution in [-0.2, 0) is 17.6 Å². The summed E-state index contributed by atoms with van der Waals surface area (Å²) in [5.74, 6) is -0.311. The van der Waals surface area contributed by atoms with Gasteiger partial charge in [0.2, 0.25) is 5.91 Å². The summed E-state index contributed by atoms with van der Waals surface area (Å²) in [6.45, 7) is 0.750. The van der Waals surface area contributed by atoms with Gasteiger partial charge in [-0.25, -0.2) is 0 Å². The van der Waals surface area contributed by atoms with Crippen LogP contribution in [-0.4, -0.2) is 44.9 Å². The molecule has 2 aliphatic rings. The summed E-state index contributed by atoms with van der Waals surface area (Å²) < 4.78 is 1.75. The molecular weight excluding hydrogens is 738 g/mol. The Morgan fingerprint density at radius 3 is 1.67 bits per heavy atom. The molecule has 2 amide bonds. The van der Waals surface area contributed by atoms with E-state index in [2.05, 4.69) is 42.2 Å². The van der Waals surface area contributed by atoms with Gasteiger partial charge in [-0.3, -0.25) is 29.5 Å². The minimum absolute atomic E-state index is 0.0398. The van der Waals surface area contributed by atoms with Crippen LogP contribution in [0.3, 0.4) is 0 Å². The number of aliphatic imine (C=N–C) groups is 1. The van der Waals surface area contributed by atoms with E-state index in [0.29, 0.717) is 39.1 Å². The van der Waals surface area contributed by atoms with Gasteiger partial charge in [0, 0.05) is 36.4 Å². The number of carbonyl (C=O) groups excluding carboxylic acids is 4. The Kier molecular flexibility index (Phi) is 11.1. The first-order valence-corrected chi connectivity index (χ1v) is 17.3. The van der Waals surface area contributed by atoms with Crippen LogP contribution < -0.4 is 11.1 Å². The van der Waals surface area contributed by atoms with Crippen molar-refractivity contribution >= 4 is 83.3 Å². The lowest BCUT2D eigenvalue weighted by Gasteiger charge is -2.09. The van der Waals surface area contributed by atoms with Gasteiger partial charge >= 0.3 is 0 Å². The SMILES string of the molecule is NC1=NCC(Cc2cccc(C(=O)c3cccc(Br)c3)c2)S1.O=C1NC(=O)C(Cc2cccc(C(=O)c3cccc(Br)c3)c2)S1. The molecule has 2 atom stereocenters. The molecule has 0 radical (unpaired) electrons. The Labute approximate surface area is 286 Å². The van der Waals surface area contributed by atoms with Gasteiger partial charge in [-0.1, -0.05) is 116 Å². The van der Waals surface area contributed by atoms with Gasteiger partial charge < -0.3 is 5.73 Å². The molecule has 6 rings (SSSR count). The number of carbonyl (C=O) groups is 4. The highest BCUT2D eigenvalue weighted by atomic mass is 79.9. The summed E-state index contributed by atoms with van der Waals surface area (Å²) in [6, 6.07) is 29.7. The van der Waals surface area contributed by atoms with E-state index in [9.17, 15) is 19.2 Å². The second kappa shape index (κ2) is 15.2. The monoisotopic (exact) mass is 763 g/mol. The highest BCUT2D eigenvalue weighted by Crippen LogP contribution is 2.25. The molecule has 0 saturated carbocycles. The van der Waals surface area contributed by atoms with Gasteiger partial charge in [0.25, 0.3) is 5.24 Å². The van der Waals surface area contributed by atoms with Crippen molar-refractivity contribution in [1.29, 1.82) is 0 Å². The van der Waals surface area contributed by atoms with Crippen LogP contribution in [0.5, 0.6) is 0 Å². The van der Waals surface area contributed by atoms with Crippen molar-refractivity contribution in [2.75, 3.05) is 6.54 Å². The molecule has 2 aliphatic heterocycles. The summed E-state index contributed by atoms with van der Waals surface area (Å²) in [6.07, 6.45) is 1.29. The Morgan fingerprint density at radius 2 is 1.22 bits per heavy atom. The number of nitrogens with two attached hydrogens (primary N) is 1. The lowest BCUT2D eigenvalue weighted by molar-refractivity contribution is -0.118. The molecule has 228 valence electrons. The third kappa shape index (κ3) is 9.03. The molecule has 4 aromatic carbocycles. The molecule has 3 N–H and O–H groups in total. The number of hydrogen-bond donors (Lipinski definition) is 2. The number of amides is 2. The lowest BCUT2D eigenvalue weighted by atomic mass is 9.99. The van der Waals surface area contributed by atoms with E-state index in [-0.39, 0.29) is 22.7 Å². The maximum atomic E-state index is 12.6. The van der Waals surface area contributed by atoms with Crippen LogP contribution in [0.4, 0.5) is 4.79 Å². The van der Waals surface area contributed by atoms with Crippen LogP contribution in [0.15, 0.2) is 111 Å². The Morgan fingerprint density at radius 1 is 0.733 bits per heavy atom. The van der Waals surface area contributed by atoms with E-state index in [1.54, 1.807) is 42.1 Å². The van der Waals surface area contributed by atoms with Crippen molar-refractivity contribution in [3.05, 3.63) is 139 Å². The first-order valence-electron chi connectivity index (χ1n) is 13.9. The van der Waals surface area contributed by atoms with Crippen LogP contribution in [0.1, 0.15) is 43.0 Å². The molecule has 7 nitrogen and oxygen atoms in total. The molecule has 0 aromatic heterocycles. The summed E-state index contributed by atoms with van der Waals surface area (Å²) in [4.78, 5) is 52.2. The van der Waals surface area contributed by atoms with Crippen LogP contribution in [0.25, 0.3) is 0 Å². The van der Waals surface area contributed by atoms with Gasteiger partial charge in [0.1, 0.15) is 0 Å². The molecule has 4 aromatic rings. The van der Waals surface area contributed by atoms with Crippen molar-refractivity contribution in [2.24, 2.45) is 10.7 Å². The number of thioether (sulfide) groups is 2. The number of nitrogens with one attached hydrogen (secondary N) is 1. The summed E-state index contributed by atoms with van der Waals surface area (Å²) in [5, 5.41) is 2.55. The van der Waals surface area contributed by atoms with E-state index in [0.717, 1.165) is 44.8 Å². The number of benzene rings is 4. The van der Waals surface area contributed by atoms with Crippen LogP contribution in [0, 0.1) is 0 Å². The fourth-order valence-electron chi connectivity index (χ4n) is 4.82. The number of hydrogen-bond acceptors (Lipinski definition) is 8. The van der Waals surface area contributed by atoms with E-state index >= 15 is 0 Å². The number of halogens is 2. The smallest absolute Gasteiger partial charge is 0.286 e. The number of rotatable bonds is 8. The van der Waals surface area contributed by atoms with Gasteiger partial charge in [-0.05, 0) is 60.4 Å². The fraction of sp³-hybridized carbons (Fsp3) is 0.147. The summed E-state index contributed by atoms with van der Waals surface area (Å²) in [5.41, 5.74) is 10.3. The molecular formula is C34H27Br2N3O4S2. The van der Waals surface area contributed by atoms with Crippen molar-refractivity contribution in [2.45, 2.75) is 23.3 Å². The maximum Gasteiger partial charge on any atom is 0.286 e. The molecule has 0 spiro atoms. The number of amidine groups is 1. The van der Waals surface area contributed by atoms with Gasteiger partial charge in [0.05, 0.1) is 11.8 Å². The van der Waals surface area contributed by atoms with Crippen LogP contribution >= 0.6 is 55.4 Å². The van der Waals surface area contributed by atoms with Crippen molar-refractivity contribution in [3.8, 4) is 0 Å². The minimum Gasteiger partial charge on any atom is -0.379 e. The minimum atomic E-state index is -0.432. The van der Waals surface area contributed by atoms with E-state index in [1.807, 2.05) is 66.7 Å². The fourth-order valence-corrected chi connectivity index (χ4v) is 7.39. The largest absolute Gasteiger partial charge is 0.379 e. The Balaban J connectivity index is 0.000000178. The summed E-state index contributed by atoms with van der Waals surface area (Å²) in [7, 11) is 0. The summed E-state index contributed by atoms with van der Waals surface area (Å²) >= 11 is 9.36. The molecule has 45 heavy (non-hydrogen) atoms. The zero-order chi connectivity index (χ0) is 31.9. The molecule has 1 saturated heterocycles. The molecule has 0 bridgehead atoms. The van der Waals surface area contributed by atoms with Gasteiger partial charge in [-0.2, -0.15) is 0 Å².